The highest BCUT2D eigenvalue weighted by atomic mass is 32.1. The Morgan fingerprint density at radius 3 is 2.02 bits per heavy atom. The second-order valence-electron chi connectivity index (χ2n) is 14.0. The largest absolute Gasteiger partial charge is 0.309 e. The molecule has 0 aliphatic heterocycles. The Hall–Kier alpha value is -5.97. The van der Waals surface area contributed by atoms with Crippen molar-refractivity contribution in [1.29, 1.82) is 0 Å². The third-order valence-corrected chi connectivity index (χ3v) is 12.1. The number of thiophene rings is 1. The van der Waals surface area contributed by atoms with E-state index in [9.17, 15) is 0 Å². The van der Waals surface area contributed by atoms with Crippen molar-refractivity contribution in [3.8, 4) is 33.9 Å². The van der Waals surface area contributed by atoms with Crippen LogP contribution in [0.5, 0.6) is 0 Å². The number of para-hydroxylation sites is 2. The van der Waals surface area contributed by atoms with Gasteiger partial charge in [-0.1, -0.05) is 98.8 Å². The van der Waals surface area contributed by atoms with Crippen LogP contribution in [0, 0.1) is 0 Å². The molecule has 0 atom stereocenters. The zero-order chi connectivity index (χ0) is 33.1. The average Bonchev–Trinajstić information content (AvgIpc) is 3.87. The van der Waals surface area contributed by atoms with Crippen LogP contribution in [0.3, 0.4) is 0 Å². The first-order chi connectivity index (χ1) is 24.5. The van der Waals surface area contributed by atoms with Crippen LogP contribution in [0.4, 0.5) is 0 Å². The van der Waals surface area contributed by atoms with Gasteiger partial charge in [-0.25, -0.2) is 4.98 Å². The summed E-state index contributed by atoms with van der Waals surface area (Å²) in [5, 5.41) is 5.24. The van der Waals surface area contributed by atoms with Gasteiger partial charge in [-0.3, -0.25) is 4.57 Å². The van der Waals surface area contributed by atoms with E-state index in [4.69, 9.17) is 4.98 Å². The van der Waals surface area contributed by atoms with Gasteiger partial charge in [0.15, 0.2) is 0 Å². The second kappa shape index (κ2) is 10.0. The summed E-state index contributed by atoms with van der Waals surface area (Å²) < 4.78 is 7.42. The van der Waals surface area contributed by atoms with Gasteiger partial charge in [0.25, 0.3) is 0 Å². The Kier molecular flexibility index (Phi) is 5.61. The van der Waals surface area contributed by atoms with E-state index in [1.165, 1.54) is 64.2 Å². The minimum Gasteiger partial charge on any atom is -0.309 e. The van der Waals surface area contributed by atoms with E-state index >= 15 is 0 Å². The van der Waals surface area contributed by atoms with Crippen molar-refractivity contribution >= 4 is 64.3 Å². The smallest absolute Gasteiger partial charge is 0.145 e. The van der Waals surface area contributed by atoms with Crippen molar-refractivity contribution in [2.45, 2.75) is 19.3 Å². The predicted molar refractivity (Wildman–Crippen MR) is 211 cm³/mol. The summed E-state index contributed by atoms with van der Waals surface area (Å²) in [6, 6.07) is 55.5. The highest BCUT2D eigenvalue weighted by molar-refractivity contribution is 7.25. The molecule has 3 aromatic heterocycles. The molecule has 10 aromatic rings. The van der Waals surface area contributed by atoms with Gasteiger partial charge in [-0.2, -0.15) is 0 Å². The quantitative estimate of drug-likeness (QED) is 0.185. The molecule has 0 amide bonds. The summed E-state index contributed by atoms with van der Waals surface area (Å²) in [5.74, 6) is 0.945. The molecule has 0 fully saturated rings. The van der Waals surface area contributed by atoms with E-state index in [-0.39, 0.29) is 5.41 Å². The molecule has 0 spiro atoms. The molecule has 0 saturated heterocycles. The van der Waals surface area contributed by atoms with Crippen molar-refractivity contribution in [2.75, 3.05) is 0 Å². The van der Waals surface area contributed by atoms with E-state index in [1.54, 1.807) is 0 Å². The molecule has 7 aromatic carbocycles. The number of rotatable bonds is 3. The Bertz CT molecular complexity index is 2990. The average molecular weight is 658 g/mol. The highest BCUT2D eigenvalue weighted by Gasteiger charge is 2.36. The van der Waals surface area contributed by atoms with Crippen molar-refractivity contribution in [1.82, 2.24) is 14.1 Å². The monoisotopic (exact) mass is 657 g/mol. The lowest BCUT2D eigenvalue weighted by Crippen LogP contribution is -2.14. The van der Waals surface area contributed by atoms with E-state index < -0.39 is 0 Å². The van der Waals surface area contributed by atoms with Crippen LogP contribution < -0.4 is 0 Å². The minimum atomic E-state index is -0.0852. The van der Waals surface area contributed by atoms with Gasteiger partial charge in [0.1, 0.15) is 5.82 Å². The number of aromatic nitrogens is 3. The lowest BCUT2D eigenvalue weighted by molar-refractivity contribution is 0.661. The SMILES string of the molecule is CC1(C)c2ccccc2-c2cc3c4cc5c(cc4n(-c4ccc(-n6c(-c7ccccc7)nc7ccccc76)cc4)c3cc21)sc1ccccc15. The summed E-state index contributed by atoms with van der Waals surface area (Å²) in [6.45, 7) is 4.74. The molecule has 11 rings (SSSR count). The second-order valence-corrected chi connectivity index (χ2v) is 15.1. The Balaban J connectivity index is 1.18. The van der Waals surface area contributed by atoms with Crippen LogP contribution in [0.2, 0.25) is 0 Å². The fraction of sp³-hybridized carbons (Fsp3) is 0.0652. The summed E-state index contributed by atoms with van der Waals surface area (Å²) in [5.41, 5.74) is 13.3. The number of nitrogens with zero attached hydrogens (tertiary/aromatic N) is 3. The number of hydrogen-bond donors (Lipinski definition) is 0. The number of imidazole rings is 1. The predicted octanol–water partition coefficient (Wildman–Crippen LogP) is 12.5. The molecular formula is C46H31N3S. The minimum absolute atomic E-state index is 0.0852. The molecule has 50 heavy (non-hydrogen) atoms. The summed E-state index contributed by atoms with van der Waals surface area (Å²) >= 11 is 1.88. The first kappa shape index (κ1) is 27.9. The van der Waals surface area contributed by atoms with Gasteiger partial charge in [0.2, 0.25) is 0 Å². The molecule has 0 bridgehead atoms. The Labute approximate surface area is 293 Å². The van der Waals surface area contributed by atoms with Crippen LogP contribution in [0.1, 0.15) is 25.0 Å². The molecule has 0 unspecified atom stereocenters. The third-order valence-electron chi connectivity index (χ3n) is 10.9. The van der Waals surface area contributed by atoms with E-state index in [2.05, 4.69) is 175 Å². The maximum Gasteiger partial charge on any atom is 0.145 e. The number of hydrogen-bond acceptors (Lipinski definition) is 2. The van der Waals surface area contributed by atoms with E-state index in [0.717, 1.165) is 33.8 Å². The van der Waals surface area contributed by atoms with Gasteiger partial charge in [-0.15, -0.1) is 11.3 Å². The number of fused-ring (bicyclic) bond motifs is 10. The fourth-order valence-corrected chi connectivity index (χ4v) is 9.65. The molecule has 236 valence electrons. The fourth-order valence-electron chi connectivity index (χ4n) is 8.53. The maximum absolute atomic E-state index is 5.08. The molecule has 1 aliphatic rings. The van der Waals surface area contributed by atoms with Gasteiger partial charge >= 0.3 is 0 Å². The zero-order valence-corrected chi connectivity index (χ0v) is 28.5. The van der Waals surface area contributed by atoms with Crippen LogP contribution >= 0.6 is 11.3 Å². The van der Waals surface area contributed by atoms with Gasteiger partial charge in [0, 0.05) is 53.3 Å². The first-order valence-corrected chi connectivity index (χ1v) is 18.0. The van der Waals surface area contributed by atoms with Gasteiger partial charge < -0.3 is 4.57 Å². The van der Waals surface area contributed by atoms with E-state index in [0.29, 0.717) is 0 Å². The molecule has 0 saturated carbocycles. The lowest BCUT2D eigenvalue weighted by Gasteiger charge is -2.21. The highest BCUT2D eigenvalue weighted by Crippen LogP contribution is 2.51. The normalized spacial score (nSPS) is 13.6. The molecule has 0 radical (unpaired) electrons. The van der Waals surface area contributed by atoms with Crippen molar-refractivity contribution in [2.24, 2.45) is 0 Å². The maximum atomic E-state index is 5.08. The van der Waals surface area contributed by atoms with Crippen LogP contribution in [-0.4, -0.2) is 14.1 Å². The Morgan fingerprint density at radius 2 is 1.16 bits per heavy atom. The third kappa shape index (κ3) is 3.77. The van der Waals surface area contributed by atoms with Gasteiger partial charge in [-0.05, 0) is 89.0 Å². The zero-order valence-electron chi connectivity index (χ0n) is 27.7. The van der Waals surface area contributed by atoms with Crippen LogP contribution in [-0.2, 0) is 5.41 Å². The first-order valence-electron chi connectivity index (χ1n) is 17.2. The summed E-state index contributed by atoms with van der Waals surface area (Å²) in [4.78, 5) is 5.08. The molecule has 0 N–H and O–H groups in total. The Morgan fingerprint density at radius 1 is 0.480 bits per heavy atom. The van der Waals surface area contributed by atoms with E-state index in [1.807, 2.05) is 11.3 Å². The van der Waals surface area contributed by atoms with Crippen molar-refractivity contribution in [3.63, 3.8) is 0 Å². The standard InChI is InChI=1S/C46H31N3S/c1-46(2)37-16-8-6-14-31(37)33-24-34-35-25-36-32-15-7-11-19-43(32)50-44(36)27-42(35)48(41(34)26-38(33)46)29-20-22-30(23-21-29)49-40-18-10-9-17-39(40)47-45(49)28-12-4-3-5-13-28/h3-27H,1-2H3. The number of benzene rings is 7. The van der Waals surface area contributed by atoms with Crippen molar-refractivity contribution in [3.05, 3.63) is 163 Å². The topological polar surface area (TPSA) is 22.8 Å². The molecular weight excluding hydrogens is 627 g/mol. The lowest BCUT2D eigenvalue weighted by atomic mass is 9.82. The van der Waals surface area contributed by atoms with Crippen molar-refractivity contribution < 1.29 is 0 Å². The molecule has 3 nitrogen and oxygen atoms in total. The van der Waals surface area contributed by atoms with Gasteiger partial charge in [0.05, 0.1) is 22.1 Å². The molecule has 4 heteroatoms. The van der Waals surface area contributed by atoms with Crippen LogP contribution in [0.15, 0.2) is 152 Å². The molecule has 3 heterocycles. The summed E-state index contributed by atoms with van der Waals surface area (Å²) in [7, 11) is 0. The molecule has 1 aliphatic carbocycles. The van der Waals surface area contributed by atoms with Crippen LogP contribution in [0.25, 0.3) is 86.9 Å². The summed E-state index contributed by atoms with van der Waals surface area (Å²) in [6.07, 6.45) is 0.